The number of rotatable bonds is 3. The molecule has 0 saturated carbocycles. The lowest BCUT2D eigenvalue weighted by molar-refractivity contribution is 0.626. The highest BCUT2D eigenvalue weighted by atomic mass is 32.7. The molecule has 0 fully saturated rings. The monoisotopic (exact) mass is 250 g/mol. The van der Waals surface area contributed by atoms with Crippen LogP contribution in [-0.4, -0.2) is 8.42 Å². The summed E-state index contributed by atoms with van der Waals surface area (Å²) in [4.78, 5) is 0. The molecule has 0 bridgehead atoms. The van der Waals surface area contributed by atoms with Crippen molar-refractivity contribution in [1.82, 2.24) is 0 Å². The van der Waals surface area contributed by atoms with Crippen LogP contribution in [0.25, 0.3) is 0 Å². The van der Waals surface area contributed by atoms with Gasteiger partial charge in [-0.2, -0.15) is 0 Å². The van der Waals surface area contributed by atoms with Crippen LogP contribution in [0.3, 0.4) is 0 Å². The van der Waals surface area contributed by atoms with Gasteiger partial charge in [-0.05, 0) is 10.6 Å². The van der Waals surface area contributed by atoms with E-state index in [1.807, 2.05) is 60.7 Å². The molecule has 0 radical (unpaired) electrons. The Hall–Kier alpha value is -1.18. The average molecular weight is 250 g/mol. The first-order chi connectivity index (χ1) is 7.79. The summed E-state index contributed by atoms with van der Waals surface area (Å²) in [6.07, 6.45) is 0. The Morgan fingerprint density at radius 3 is 1.38 bits per heavy atom. The summed E-state index contributed by atoms with van der Waals surface area (Å²) >= 11 is 0. The molecule has 2 aromatic rings. The summed E-state index contributed by atoms with van der Waals surface area (Å²) in [5.41, 5.74) is 0. The van der Waals surface area contributed by atoms with E-state index in [0.29, 0.717) is 0 Å². The van der Waals surface area contributed by atoms with E-state index in [2.05, 4.69) is 0 Å². The van der Waals surface area contributed by atoms with Crippen LogP contribution in [0, 0.1) is 0 Å². The average Bonchev–Trinajstić information content (AvgIpc) is 2.31. The van der Waals surface area contributed by atoms with Gasteiger partial charge in [0.2, 0.25) is 0 Å². The Balaban J connectivity index is 2.48. The van der Waals surface area contributed by atoms with Crippen LogP contribution in [0.1, 0.15) is 0 Å². The molecule has 0 unspecified atom stereocenters. The normalized spacial score (nSPS) is 10.9. The van der Waals surface area contributed by atoms with Crippen molar-refractivity contribution in [3.8, 4) is 0 Å². The van der Waals surface area contributed by atoms with Crippen molar-refractivity contribution >= 4 is 28.1 Å². The second kappa shape index (κ2) is 5.24. The molecule has 0 amide bonds. The van der Waals surface area contributed by atoms with Crippen molar-refractivity contribution in [3.63, 3.8) is 0 Å². The number of hydrogen-bond donors (Lipinski definition) is 1. The summed E-state index contributed by atoms with van der Waals surface area (Å²) in [7, 11) is -3.71. The molecule has 2 nitrogen and oxygen atoms in total. The summed E-state index contributed by atoms with van der Waals surface area (Å²) in [5.74, 6) is 0. The van der Waals surface area contributed by atoms with Crippen LogP contribution >= 0.6 is 7.12 Å². The first-order valence-corrected chi connectivity index (χ1v) is 8.06. The topological polar surface area (TPSA) is 34.1 Å². The third-order valence-corrected chi connectivity index (χ3v) is 6.43. The van der Waals surface area contributed by atoms with Crippen LogP contribution in [-0.2, 0) is 10.3 Å². The lowest BCUT2D eigenvalue weighted by atomic mass is 10.4. The highest BCUT2D eigenvalue weighted by Crippen LogP contribution is 2.33. The largest absolute Gasteiger partial charge is 0.227 e. The molecule has 16 heavy (non-hydrogen) atoms. The maximum atomic E-state index is 11.4. The zero-order valence-corrected chi connectivity index (χ0v) is 10.3. The van der Waals surface area contributed by atoms with Crippen molar-refractivity contribution in [3.05, 3.63) is 60.7 Å². The molecule has 0 aliphatic carbocycles. The Bertz CT molecular complexity index is 476. The number of benzene rings is 2. The van der Waals surface area contributed by atoms with Gasteiger partial charge < -0.3 is 0 Å². The van der Waals surface area contributed by atoms with Gasteiger partial charge >= 0.3 is 0 Å². The van der Waals surface area contributed by atoms with E-state index in [-0.39, 0.29) is 0 Å². The zero-order chi connectivity index (χ0) is 11.4. The van der Waals surface area contributed by atoms with Crippen LogP contribution in [0.15, 0.2) is 60.7 Å². The Kier molecular flexibility index (Phi) is 3.70. The molecule has 2 rings (SSSR count). The highest BCUT2D eigenvalue weighted by Gasteiger charge is 2.15. The van der Waals surface area contributed by atoms with Gasteiger partial charge in [0.15, 0.2) is 10.3 Å². The Morgan fingerprint density at radius 1 is 0.688 bits per heavy atom. The van der Waals surface area contributed by atoms with Gasteiger partial charge in [-0.15, -0.1) is 0 Å². The molecule has 0 aliphatic heterocycles. The van der Waals surface area contributed by atoms with Gasteiger partial charge in [0, 0.05) is 0 Å². The predicted octanol–water partition coefficient (Wildman–Crippen LogP) is 1.65. The van der Waals surface area contributed by atoms with Crippen molar-refractivity contribution < 1.29 is 8.42 Å². The van der Waals surface area contributed by atoms with E-state index in [9.17, 15) is 8.42 Å². The van der Waals surface area contributed by atoms with Gasteiger partial charge in [0.25, 0.3) is 0 Å². The molecule has 2 aromatic carbocycles. The highest BCUT2D eigenvalue weighted by molar-refractivity contribution is 8.45. The fourth-order valence-corrected chi connectivity index (χ4v) is 4.99. The van der Waals surface area contributed by atoms with Gasteiger partial charge in [-0.25, -0.2) is 8.42 Å². The Labute approximate surface area is 97.4 Å². The minimum atomic E-state index is -2.45. The van der Waals surface area contributed by atoms with E-state index in [1.165, 1.54) is 0 Å². The zero-order valence-electron chi connectivity index (χ0n) is 8.48. The van der Waals surface area contributed by atoms with Crippen LogP contribution in [0.2, 0.25) is 0 Å². The van der Waals surface area contributed by atoms with E-state index in [1.54, 1.807) is 0 Å². The minimum Gasteiger partial charge on any atom is -0.227 e. The lowest BCUT2D eigenvalue weighted by Gasteiger charge is -2.10. The van der Waals surface area contributed by atoms with E-state index in [4.69, 9.17) is 0 Å². The van der Waals surface area contributed by atoms with E-state index in [0.717, 1.165) is 10.6 Å². The minimum absolute atomic E-state index is 0.875. The smallest absolute Gasteiger partial charge is 0.165 e. The van der Waals surface area contributed by atoms with Crippen molar-refractivity contribution in [1.29, 1.82) is 0 Å². The van der Waals surface area contributed by atoms with Crippen LogP contribution < -0.4 is 10.6 Å². The molecular formula is C12H11O2PS. The quantitative estimate of drug-likeness (QED) is 0.664. The molecule has 0 aliphatic rings. The molecule has 0 saturated heterocycles. The predicted molar refractivity (Wildman–Crippen MR) is 69.4 cm³/mol. The third kappa shape index (κ3) is 2.49. The molecular weight excluding hydrogens is 239 g/mol. The maximum Gasteiger partial charge on any atom is 0.165 e. The SMILES string of the molecule is O=[SH](=O)P(c1ccccc1)c1ccccc1. The number of thiol groups is 1. The fourth-order valence-electron chi connectivity index (χ4n) is 1.48. The summed E-state index contributed by atoms with van der Waals surface area (Å²) in [6, 6.07) is 18.7. The van der Waals surface area contributed by atoms with Gasteiger partial charge in [-0.3, -0.25) is 0 Å². The molecule has 0 atom stereocenters. The van der Waals surface area contributed by atoms with Gasteiger partial charge in [0.05, 0.1) is 7.12 Å². The van der Waals surface area contributed by atoms with Crippen LogP contribution in [0.5, 0.6) is 0 Å². The number of hydrogen-bond acceptors (Lipinski definition) is 2. The first-order valence-electron chi connectivity index (χ1n) is 4.83. The molecule has 82 valence electrons. The fraction of sp³-hybridized carbons (Fsp3) is 0. The van der Waals surface area contributed by atoms with E-state index >= 15 is 0 Å². The Morgan fingerprint density at radius 2 is 1.06 bits per heavy atom. The molecule has 0 heterocycles. The van der Waals surface area contributed by atoms with Crippen LogP contribution in [0.4, 0.5) is 0 Å². The van der Waals surface area contributed by atoms with Crippen molar-refractivity contribution in [2.45, 2.75) is 0 Å². The second-order valence-electron chi connectivity index (χ2n) is 3.22. The molecule has 0 N–H and O–H groups in total. The van der Waals surface area contributed by atoms with Crippen molar-refractivity contribution in [2.24, 2.45) is 0 Å². The van der Waals surface area contributed by atoms with Gasteiger partial charge in [-0.1, -0.05) is 60.7 Å². The standard InChI is InChI=1S/C12H11O2PS/c13-16(14)15(11-7-3-1-4-8-11)12-9-5-2-6-10-12/h1-10,16H. The first kappa shape index (κ1) is 11.3. The van der Waals surface area contributed by atoms with Gasteiger partial charge in [0.1, 0.15) is 0 Å². The maximum absolute atomic E-state index is 11.4. The van der Waals surface area contributed by atoms with Crippen molar-refractivity contribution in [2.75, 3.05) is 0 Å². The molecule has 4 heteroatoms. The third-order valence-electron chi connectivity index (χ3n) is 2.16. The molecule has 0 spiro atoms. The summed E-state index contributed by atoms with van der Waals surface area (Å²) in [6.45, 7) is 0. The summed E-state index contributed by atoms with van der Waals surface area (Å²) < 4.78 is 22.7. The lowest BCUT2D eigenvalue weighted by Crippen LogP contribution is -2.11. The summed E-state index contributed by atoms with van der Waals surface area (Å²) in [5, 5.41) is 1.75. The molecule has 0 aromatic heterocycles. The van der Waals surface area contributed by atoms with E-state index < -0.39 is 17.4 Å². The second-order valence-corrected chi connectivity index (χ2v) is 7.53.